The molecule has 2 heteroatoms. The summed E-state index contributed by atoms with van der Waals surface area (Å²) in [6.07, 6.45) is 3.01. The van der Waals surface area contributed by atoms with Gasteiger partial charge in [-0.15, -0.1) is 0 Å². The van der Waals surface area contributed by atoms with Crippen molar-refractivity contribution in [1.82, 2.24) is 11.1 Å². The van der Waals surface area contributed by atoms with Gasteiger partial charge in [0.1, 0.15) is 0 Å². The van der Waals surface area contributed by atoms with Crippen LogP contribution in [0.15, 0.2) is 0 Å². The zero-order valence-corrected chi connectivity index (χ0v) is 6.11. The van der Waals surface area contributed by atoms with Gasteiger partial charge in [-0.2, -0.15) is 0 Å². The van der Waals surface area contributed by atoms with E-state index in [0.29, 0.717) is 12.6 Å². The molecule has 0 aromatic carbocycles. The Morgan fingerprint density at radius 1 is 1.56 bits per heavy atom. The van der Waals surface area contributed by atoms with Crippen LogP contribution in [-0.2, 0) is 0 Å². The molecule has 0 heterocycles. The standard InChI is InChI=1S/C7H16N2/c1-3-4-7(9-2)5-6-8/h7-9H,1,3-6H2,2H3. The van der Waals surface area contributed by atoms with Crippen molar-refractivity contribution in [2.75, 3.05) is 13.6 Å². The molecule has 0 fully saturated rings. The predicted molar refractivity (Wildman–Crippen MR) is 40.0 cm³/mol. The molecule has 0 aromatic rings. The lowest BCUT2D eigenvalue weighted by molar-refractivity contribution is 0.496. The van der Waals surface area contributed by atoms with Gasteiger partial charge in [0.05, 0.1) is 0 Å². The van der Waals surface area contributed by atoms with Crippen LogP contribution < -0.4 is 11.1 Å². The van der Waals surface area contributed by atoms with Crippen LogP contribution in [-0.4, -0.2) is 19.6 Å². The van der Waals surface area contributed by atoms with Crippen molar-refractivity contribution in [3.8, 4) is 0 Å². The molecule has 2 N–H and O–H groups in total. The summed E-state index contributed by atoms with van der Waals surface area (Å²) in [7, 11) is 1.94. The largest absolute Gasteiger partial charge is 0.317 e. The van der Waals surface area contributed by atoms with Gasteiger partial charge in [0.2, 0.25) is 0 Å². The van der Waals surface area contributed by atoms with Crippen molar-refractivity contribution in [3.63, 3.8) is 0 Å². The van der Waals surface area contributed by atoms with Crippen LogP contribution in [0.3, 0.4) is 0 Å². The summed E-state index contributed by atoms with van der Waals surface area (Å²) in [6, 6.07) is 0.514. The second-order valence-corrected chi connectivity index (χ2v) is 2.17. The average molecular weight is 128 g/mol. The van der Waals surface area contributed by atoms with Gasteiger partial charge < -0.3 is 5.32 Å². The molecule has 2 radical (unpaired) electrons. The highest BCUT2D eigenvalue weighted by Gasteiger charge is 2.00. The fourth-order valence-corrected chi connectivity index (χ4v) is 0.854. The maximum atomic E-state index is 6.95. The fourth-order valence-electron chi connectivity index (χ4n) is 0.854. The van der Waals surface area contributed by atoms with Gasteiger partial charge in [0.15, 0.2) is 0 Å². The summed E-state index contributed by atoms with van der Waals surface area (Å²) in [5.41, 5.74) is 6.95. The summed E-state index contributed by atoms with van der Waals surface area (Å²) < 4.78 is 0. The van der Waals surface area contributed by atoms with E-state index in [2.05, 4.69) is 12.2 Å². The second kappa shape index (κ2) is 6.05. The maximum Gasteiger partial charge on any atom is 0.0115 e. The van der Waals surface area contributed by atoms with Crippen LogP contribution in [0.5, 0.6) is 0 Å². The van der Waals surface area contributed by atoms with E-state index in [1.54, 1.807) is 0 Å². The molecule has 1 atom stereocenters. The number of hydrogen-bond donors (Lipinski definition) is 1. The lowest BCUT2D eigenvalue weighted by atomic mass is 10.1. The maximum absolute atomic E-state index is 6.95. The van der Waals surface area contributed by atoms with Crippen molar-refractivity contribution >= 4 is 0 Å². The quantitative estimate of drug-likeness (QED) is 0.585. The van der Waals surface area contributed by atoms with Gasteiger partial charge in [0, 0.05) is 12.6 Å². The first-order valence-corrected chi connectivity index (χ1v) is 3.46. The molecule has 2 nitrogen and oxygen atoms in total. The molecular formula is C7H16N2. The van der Waals surface area contributed by atoms with Crippen LogP contribution in [0.2, 0.25) is 0 Å². The van der Waals surface area contributed by atoms with Crippen molar-refractivity contribution in [1.29, 1.82) is 0 Å². The molecule has 54 valence electrons. The zero-order valence-electron chi connectivity index (χ0n) is 6.11. The molecule has 0 amide bonds. The van der Waals surface area contributed by atoms with Crippen LogP contribution in [0, 0.1) is 6.92 Å². The second-order valence-electron chi connectivity index (χ2n) is 2.17. The van der Waals surface area contributed by atoms with Crippen LogP contribution in [0.25, 0.3) is 0 Å². The Hall–Kier alpha value is -0.0800. The molecule has 0 saturated heterocycles. The summed E-state index contributed by atoms with van der Waals surface area (Å²) >= 11 is 0. The Bertz CT molecular complexity index is 48.9. The third kappa shape index (κ3) is 4.43. The first kappa shape index (κ1) is 8.92. The van der Waals surface area contributed by atoms with Crippen molar-refractivity contribution in [3.05, 3.63) is 6.92 Å². The van der Waals surface area contributed by atoms with E-state index >= 15 is 0 Å². The third-order valence-electron chi connectivity index (χ3n) is 1.45. The molecule has 0 aliphatic rings. The molecule has 9 heavy (non-hydrogen) atoms. The molecular weight excluding hydrogens is 112 g/mol. The topological polar surface area (TPSA) is 35.8 Å². The van der Waals surface area contributed by atoms with E-state index in [0.717, 1.165) is 19.3 Å². The van der Waals surface area contributed by atoms with E-state index in [-0.39, 0.29) is 0 Å². The molecule has 1 unspecified atom stereocenters. The van der Waals surface area contributed by atoms with Crippen molar-refractivity contribution in [2.45, 2.75) is 25.3 Å². The summed E-state index contributed by atoms with van der Waals surface area (Å²) in [6.45, 7) is 4.27. The third-order valence-corrected chi connectivity index (χ3v) is 1.45. The van der Waals surface area contributed by atoms with Gasteiger partial charge >= 0.3 is 0 Å². The van der Waals surface area contributed by atoms with Gasteiger partial charge in [-0.1, -0.05) is 13.3 Å². The Balaban J connectivity index is 3.18. The molecule has 0 spiro atoms. The minimum absolute atomic E-state index is 0.514. The first-order valence-electron chi connectivity index (χ1n) is 3.46. The van der Waals surface area contributed by atoms with E-state index in [4.69, 9.17) is 5.73 Å². The fraction of sp³-hybridized carbons (Fsp3) is 0.857. The molecule has 0 saturated carbocycles. The minimum atomic E-state index is 0.514. The van der Waals surface area contributed by atoms with Crippen molar-refractivity contribution in [2.24, 2.45) is 0 Å². The Morgan fingerprint density at radius 3 is 2.56 bits per heavy atom. The van der Waals surface area contributed by atoms with Gasteiger partial charge in [-0.3, -0.25) is 5.73 Å². The van der Waals surface area contributed by atoms with Crippen LogP contribution >= 0.6 is 0 Å². The zero-order chi connectivity index (χ0) is 7.11. The molecule has 0 aliphatic carbocycles. The van der Waals surface area contributed by atoms with E-state index in [9.17, 15) is 0 Å². The molecule has 0 rings (SSSR count). The number of hydrogen-bond acceptors (Lipinski definition) is 1. The molecule has 0 bridgehead atoms. The monoisotopic (exact) mass is 128 g/mol. The Labute approximate surface area is 57.8 Å². The summed E-state index contributed by atoms with van der Waals surface area (Å²) in [5.74, 6) is 0. The van der Waals surface area contributed by atoms with E-state index in [1.807, 2.05) is 7.05 Å². The van der Waals surface area contributed by atoms with Crippen LogP contribution in [0.4, 0.5) is 0 Å². The van der Waals surface area contributed by atoms with Gasteiger partial charge in [-0.25, -0.2) is 0 Å². The highest BCUT2D eigenvalue weighted by atomic mass is 14.9. The minimum Gasteiger partial charge on any atom is -0.317 e. The van der Waals surface area contributed by atoms with Crippen LogP contribution in [0.1, 0.15) is 19.3 Å². The Morgan fingerprint density at radius 2 is 2.22 bits per heavy atom. The molecule has 0 aromatic heterocycles. The summed E-state index contributed by atoms with van der Waals surface area (Å²) in [4.78, 5) is 0. The van der Waals surface area contributed by atoms with E-state index in [1.165, 1.54) is 0 Å². The smallest absolute Gasteiger partial charge is 0.0115 e. The Kier molecular flexibility index (Phi) is 5.99. The van der Waals surface area contributed by atoms with Gasteiger partial charge in [0.25, 0.3) is 0 Å². The lowest BCUT2D eigenvalue weighted by Crippen LogP contribution is -2.25. The highest BCUT2D eigenvalue weighted by Crippen LogP contribution is 1.98. The summed E-state index contributed by atoms with van der Waals surface area (Å²) in [5, 5.41) is 3.14. The first-order chi connectivity index (χ1) is 4.35. The highest BCUT2D eigenvalue weighted by molar-refractivity contribution is 4.64. The van der Waals surface area contributed by atoms with Gasteiger partial charge in [-0.05, 0) is 19.9 Å². The van der Waals surface area contributed by atoms with Crippen molar-refractivity contribution < 1.29 is 0 Å². The number of rotatable bonds is 5. The normalized spacial score (nSPS) is 13.7. The molecule has 0 aliphatic heterocycles. The predicted octanol–water partition coefficient (Wildman–Crippen LogP) is 0.862. The number of nitrogens with one attached hydrogen (secondary N) is 2. The lowest BCUT2D eigenvalue weighted by Gasteiger charge is -2.12. The average Bonchev–Trinajstić information content (AvgIpc) is 1.88. The SMILES string of the molecule is [CH2]CCC(CC[NH])NC. The van der Waals surface area contributed by atoms with E-state index < -0.39 is 0 Å².